The maximum atomic E-state index is 12.1. The van der Waals surface area contributed by atoms with Gasteiger partial charge >= 0.3 is 6.09 Å². The zero-order chi connectivity index (χ0) is 19.0. The number of ether oxygens (including phenoxy) is 2. The van der Waals surface area contributed by atoms with Gasteiger partial charge in [0.05, 0.1) is 6.61 Å². The zero-order valence-corrected chi connectivity index (χ0v) is 16.2. The molecule has 0 aliphatic carbocycles. The van der Waals surface area contributed by atoms with Crippen molar-refractivity contribution in [1.82, 2.24) is 4.90 Å². The van der Waals surface area contributed by atoms with Crippen LogP contribution in [0, 0.1) is 5.92 Å². The molecule has 0 N–H and O–H groups in total. The largest absolute Gasteiger partial charge is 0.494 e. The van der Waals surface area contributed by atoms with Crippen LogP contribution in [-0.4, -0.2) is 42.6 Å². The summed E-state index contributed by atoms with van der Waals surface area (Å²) in [5, 5.41) is 0. The Morgan fingerprint density at radius 3 is 2.65 bits per heavy atom. The predicted molar refractivity (Wildman–Crippen MR) is 101 cm³/mol. The maximum Gasteiger partial charge on any atom is 0.410 e. The third-order valence-electron chi connectivity index (χ3n) is 4.51. The first-order valence-corrected chi connectivity index (χ1v) is 9.50. The fourth-order valence-corrected chi connectivity index (χ4v) is 3.15. The molecule has 0 atom stereocenters. The summed E-state index contributed by atoms with van der Waals surface area (Å²) < 4.78 is 11.2. The fourth-order valence-electron chi connectivity index (χ4n) is 3.15. The monoisotopic (exact) mass is 361 g/mol. The van der Waals surface area contributed by atoms with Gasteiger partial charge in [0.25, 0.3) is 0 Å². The molecule has 0 aromatic heterocycles. The summed E-state index contributed by atoms with van der Waals surface area (Å²) in [7, 11) is 0. The molecule has 1 amide bonds. The second-order valence-electron chi connectivity index (χ2n) is 7.92. The Labute approximate surface area is 156 Å². The van der Waals surface area contributed by atoms with Crippen LogP contribution in [0.3, 0.4) is 0 Å². The number of hydrogen-bond acceptors (Lipinski definition) is 4. The number of amides is 1. The van der Waals surface area contributed by atoms with Crippen LogP contribution in [0.1, 0.15) is 52.0 Å². The number of carbonyl (C=O) groups excluding carboxylic acids is 2. The molecule has 1 aromatic rings. The smallest absolute Gasteiger partial charge is 0.410 e. The molecule has 5 nitrogen and oxygen atoms in total. The Kier molecular flexibility index (Phi) is 7.49. The molecular weight excluding hydrogens is 330 g/mol. The Hall–Kier alpha value is -2.04. The second-order valence-corrected chi connectivity index (χ2v) is 7.92. The number of rotatable bonds is 7. The first-order chi connectivity index (χ1) is 12.4. The molecule has 0 unspecified atom stereocenters. The van der Waals surface area contributed by atoms with Gasteiger partial charge in [-0.05, 0) is 70.1 Å². The van der Waals surface area contributed by atoms with Gasteiger partial charge in [-0.25, -0.2) is 4.79 Å². The van der Waals surface area contributed by atoms with Crippen LogP contribution < -0.4 is 4.74 Å². The average molecular weight is 361 g/mol. The van der Waals surface area contributed by atoms with Gasteiger partial charge in [-0.2, -0.15) is 0 Å². The van der Waals surface area contributed by atoms with Crippen molar-refractivity contribution >= 4 is 12.4 Å². The number of carbonyl (C=O) groups is 2. The van der Waals surface area contributed by atoms with Gasteiger partial charge < -0.3 is 19.2 Å². The van der Waals surface area contributed by atoms with E-state index in [1.165, 1.54) is 0 Å². The minimum absolute atomic E-state index is 0.200. The molecular formula is C21H31NO4. The van der Waals surface area contributed by atoms with E-state index in [1.807, 2.05) is 49.9 Å². The van der Waals surface area contributed by atoms with Gasteiger partial charge in [0.2, 0.25) is 0 Å². The fraction of sp³-hybridized carbons (Fsp3) is 0.619. The molecule has 0 radical (unpaired) electrons. The van der Waals surface area contributed by atoms with Gasteiger partial charge in [-0.15, -0.1) is 0 Å². The molecule has 1 heterocycles. The maximum absolute atomic E-state index is 12.1. The molecule has 0 spiro atoms. The van der Waals surface area contributed by atoms with Crippen LogP contribution >= 0.6 is 0 Å². The molecule has 26 heavy (non-hydrogen) atoms. The van der Waals surface area contributed by atoms with E-state index >= 15 is 0 Å². The van der Waals surface area contributed by atoms with E-state index in [0.717, 1.165) is 56.4 Å². The number of hydrogen-bond donors (Lipinski definition) is 0. The third kappa shape index (κ3) is 7.06. The Bertz CT molecular complexity index is 586. The standard InChI is InChI=1S/C21H31NO4/c1-21(2,3)26-20(24)22-12-9-17(10-13-22)7-5-15-25-19-8-4-6-18(16-19)11-14-23/h4,6,8,14,16-17H,5,7,9-13,15H2,1-3H3. The van der Waals surface area contributed by atoms with E-state index in [1.54, 1.807) is 0 Å². The van der Waals surface area contributed by atoms with Crippen molar-refractivity contribution < 1.29 is 19.1 Å². The summed E-state index contributed by atoms with van der Waals surface area (Å²) in [6, 6.07) is 7.70. The zero-order valence-electron chi connectivity index (χ0n) is 16.2. The van der Waals surface area contributed by atoms with Crippen molar-refractivity contribution in [2.75, 3.05) is 19.7 Å². The summed E-state index contributed by atoms with van der Waals surface area (Å²) in [6.07, 6.45) is 5.28. The number of nitrogens with zero attached hydrogens (tertiary/aromatic N) is 1. The summed E-state index contributed by atoms with van der Waals surface area (Å²) in [5.41, 5.74) is 0.543. The van der Waals surface area contributed by atoms with Gasteiger partial charge in [0, 0.05) is 19.5 Å². The van der Waals surface area contributed by atoms with Gasteiger partial charge in [0.15, 0.2) is 0 Å². The lowest BCUT2D eigenvalue weighted by Gasteiger charge is -2.33. The van der Waals surface area contributed by atoms with Gasteiger partial charge in [-0.3, -0.25) is 0 Å². The second kappa shape index (κ2) is 9.60. The van der Waals surface area contributed by atoms with E-state index in [4.69, 9.17) is 9.47 Å². The van der Waals surface area contributed by atoms with Crippen LogP contribution in [0.25, 0.3) is 0 Å². The summed E-state index contributed by atoms with van der Waals surface area (Å²) in [5.74, 6) is 1.46. The number of piperidine rings is 1. The Morgan fingerprint density at radius 1 is 1.27 bits per heavy atom. The van der Waals surface area contributed by atoms with Crippen LogP contribution in [-0.2, 0) is 16.0 Å². The molecule has 1 aromatic carbocycles. The molecule has 1 fully saturated rings. The van der Waals surface area contributed by atoms with E-state index in [-0.39, 0.29) is 6.09 Å². The Balaban J connectivity index is 1.64. The highest BCUT2D eigenvalue weighted by molar-refractivity contribution is 5.68. The lowest BCUT2D eigenvalue weighted by Crippen LogP contribution is -2.41. The van der Waals surface area contributed by atoms with Crippen molar-refractivity contribution in [2.45, 2.75) is 58.5 Å². The third-order valence-corrected chi connectivity index (χ3v) is 4.51. The normalized spacial score (nSPS) is 15.6. The number of aldehydes is 1. The van der Waals surface area contributed by atoms with Crippen LogP contribution in [0.2, 0.25) is 0 Å². The molecule has 144 valence electrons. The highest BCUT2D eigenvalue weighted by Crippen LogP contribution is 2.23. The van der Waals surface area contributed by atoms with Crippen LogP contribution in [0.4, 0.5) is 4.79 Å². The minimum Gasteiger partial charge on any atom is -0.494 e. The van der Waals surface area contributed by atoms with Gasteiger partial charge in [0.1, 0.15) is 17.6 Å². The van der Waals surface area contributed by atoms with Gasteiger partial charge in [-0.1, -0.05) is 12.1 Å². The van der Waals surface area contributed by atoms with Crippen molar-refractivity contribution in [3.8, 4) is 5.75 Å². The number of likely N-dealkylation sites (tertiary alicyclic amines) is 1. The molecule has 1 aliphatic rings. The van der Waals surface area contributed by atoms with E-state index in [9.17, 15) is 9.59 Å². The quantitative estimate of drug-likeness (QED) is 0.538. The van der Waals surface area contributed by atoms with Crippen molar-refractivity contribution in [3.05, 3.63) is 29.8 Å². The van der Waals surface area contributed by atoms with E-state index in [2.05, 4.69) is 0 Å². The van der Waals surface area contributed by atoms with Crippen molar-refractivity contribution in [2.24, 2.45) is 5.92 Å². The predicted octanol–water partition coefficient (Wildman–Crippen LogP) is 4.23. The van der Waals surface area contributed by atoms with E-state index in [0.29, 0.717) is 18.9 Å². The summed E-state index contributed by atoms with van der Waals surface area (Å²) in [4.78, 5) is 24.5. The SMILES string of the molecule is CC(C)(C)OC(=O)N1CCC(CCCOc2cccc(CC=O)c2)CC1. The highest BCUT2D eigenvalue weighted by atomic mass is 16.6. The number of benzene rings is 1. The molecule has 2 rings (SSSR count). The van der Waals surface area contributed by atoms with Crippen LogP contribution in [0.15, 0.2) is 24.3 Å². The minimum atomic E-state index is -0.436. The topological polar surface area (TPSA) is 55.8 Å². The first kappa shape index (κ1) is 20.3. The van der Waals surface area contributed by atoms with E-state index < -0.39 is 5.60 Å². The Morgan fingerprint density at radius 2 is 2.00 bits per heavy atom. The molecule has 1 aliphatic heterocycles. The average Bonchev–Trinajstić information content (AvgIpc) is 2.58. The van der Waals surface area contributed by atoms with Crippen molar-refractivity contribution in [3.63, 3.8) is 0 Å². The van der Waals surface area contributed by atoms with Crippen LogP contribution in [0.5, 0.6) is 5.75 Å². The molecule has 1 saturated heterocycles. The summed E-state index contributed by atoms with van der Waals surface area (Å²) >= 11 is 0. The molecule has 0 bridgehead atoms. The summed E-state index contributed by atoms with van der Waals surface area (Å²) in [6.45, 7) is 7.91. The first-order valence-electron chi connectivity index (χ1n) is 9.50. The molecule has 0 saturated carbocycles. The lowest BCUT2D eigenvalue weighted by atomic mass is 9.92. The molecule has 5 heteroatoms. The lowest BCUT2D eigenvalue weighted by molar-refractivity contribution is -0.107. The van der Waals surface area contributed by atoms with Crippen molar-refractivity contribution in [1.29, 1.82) is 0 Å². The highest BCUT2D eigenvalue weighted by Gasteiger charge is 2.26.